The van der Waals surface area contributed by atoms with Crippen LogP contribution in [0.3, 0.4) is 0 Å². The van der Waals surface area contributed by atoms with Gasteiger partial charge in [0.25, 0.3) is 0 Å². The van der Waals surface area contributed by atoms with Crippen molar-refractivity contribution < 1.29 is 9.90 Å². The van der Waals surface area contributed by atoms with Crippen LogP contribution in [0.2, 0.25) is 0 Å². The number of thiophene rings is 1. The molecule has 0 aliphatic rings. The molecule has 0 amide bonds. The number of fused-ring (bicyclic) bond motifs is 1. The molecule has 5 nitrogen and oxygen atoms in total. The van der Waals surface area contributed by atoms with Gasteiger partial charge in [-0.05, 0) is 30.7 Å². The van der Waals surface area contributed by atoms with Crippen molar-refractivity contribution in [2.45, 2.75) is 13.3 Å². The van der Waals surface area contributed by atoms with Gasteiger partial charge in [-0.25, -0.2) is 14.8 Å². The summed E-state index contributed by atoms with van der Waals surface area (Å²) in [4.78, 5) is 22.0. The van der Waals surface area contributed by atoms with Crippen molar-refractivity contribution in [3.05, 3.63) is 45.5 Å². The molecule has 0 atom stereocenters. The number of carboxylic acid groups (broad SMARTS) is 1. The Labute approximate surface area is 139 Å². The lowest BCUT2D eigenvalue weighted by molar-refractivity contribution is 0.0698. The molecule has 2 N–H and O–H groups in total. The molecule has 0 aliphatic heterocycles. The first-order valence-corrected chi connectivity index (χ1v) is 8.22. The van der Waals surface area contributed by atoms with Gasteiger partial charge < -0.3 is 10.4 Å². The van der Waals surface area contributed by atoms with Gasteiger partial charge in [0.05, 0.1) is 16.6 Å². The van der Waals surface area contributed by atoms with E-state index in [9.17, 15) is 9.90 Å². The lowest BCUT2D eigenvalue weighted by Crippen LogP contribution is -2.04. The Bertz CT molecular complexity index is 863. The van der Waals surface area contributed by atoms with Crippen molar-refractivity contribution in [3.63, 3.8) is 0 Å². The molecule has 22 heavy (non-hydrogen) atoms. The maximum atomic E-state index is 11.4. The minimum absolute atomic E-state index is 0.187. The summed E-state index contributed by atoms with van der Waals surface area (Å²) < 4.78 is 0.715. The predicted molar refractivity (Wildman–Crippen MR) is 91.2 cm³/mol. The quantitative estimate of drug-likeness (QED) is 0.701. The fourth-order valence-electron chi connectivity index (χ4n) is 2.11. The highest BCUT2D eigenvalue weighted by molar-refractivity contribution is 9.10. The standard InChI is InChI=1S/C15H12BrN3O2S/c1-2-9-6-11-13(17-7-18-14(11)22-9)19-12-4-3-8(16)5-10(12)15(20)21/h3-7H,2H2,1H3,(H,20,21)(H,17,18,19). The largest absolute Gasteiger partial charge is 0.478 e. The van der Waals surface area contributed by atoms with Crippen LogP contribution in [0.25, 0.3) is 10.2 Å². The fraction of sp³-hybridized carbons (Fsp3) is 0.133. The third kappa shape index (κ3) is 2.82. The molecule has 2 heterocycles. The molecule has 112 valence electrons. The van der Waals surface area contributed by atoms with Crippen LogP contribution in [0.1, 0.15) is 22.2 Å². The molecule has 0 unspecified atom stereocenters. The van der Waals surface area contributed by atoms with Crippen LogP contribution in [0.15, 0.2) is 35.1 Å². The van der Waals surface area contributed by atoms with Crippen molar-refractivity contribution in [2.75, 3.05) is 5.32 Å². The van der Waals surface area contributed by atoms with Gasteiger partial charge in [-0.1, -0.05) is 22.9 Å². The minimum Gasteiger partial charge on any atom is -0.478 e. The molecule has 0 saturated heterocycles. The Morgan fingerprint density at radius 2 is 2.18 bits per heavy atom. The topological polar surface area (TPSA) is 75.1 Å². The molecule has 0 aliphatic carbocycles. The molecule has 3 rings (SSSR count). The molecule has 2 aromatic heterocycles. The normalized spacial score (nSPS) is 10.8. The third-order valence-corrected chi connectivity index (χ3v) is 4.87. The van der Waals surface area contributed by atoms with E-state index in [2.05, 4.69) is 38.1 Å². The van der Waals surface area contributed by atoms with E-state index in [4.69, 9.17) is 0 Å². The third-order valence-electron chi connectivity index (χ3n) is 3.19. The molecule has 0 radical (unpaired) electrons. The maximum Gasteiger partial charge on any atom is 0.337 e. The zero-order valence-corrected chi connectivity index (χ0v) is 14.0. The molecular formula is C15H12BrN3O2S. The Hall–Kier alpha value is -1.99. The van der Waals surface area contributed by atoms with Crippen LogP contribution < -0.4 is 5.32 Å². The van der Waals surface area contributed by atoms with Crippen molar-refractivity contribution in [2.24, 2.45) is 0 Å². The van der Waals surface area contributed by atoms with Gasteiger partial charge in [0.2, 0.25) is 0 Å². The molecule has 1 aromatic carbocycles. The number of aromatic nitrogens is 2. The fourth-order valence-corrected chi connectivity index (χ4v) is 3.41. The van der Waals surface area contributed by atoms with Gasteiger partial charge in [0.1, 0.15) is 17.0 Å². The second-order valence-corrected chi connectivity index (χ2v) is 6.66. The number of rotatable bonds is 4. The average Bonchev–Trinajstić information content (AvgIpc) is 2.93. The summed E-state index contributed by atoms with van der Waals surface area (Å²) >= 11 is 4.91. The zero-order chi connectivity index (χ0) is 15.7. The van der Waals surface area contributed by atoms with Gasteiger partial charge >= 0.3 is 5.97 Å². The second-order valence-electron chi connectivity index (χ2n) is 4.63. The number of hydrogen-bond acceptors (Lipinski definition) is 5. The molecule has 3 aromatic rings. The minimum atomic E-state index is -0.992. The molecule has 0 bridgehead atoms. The molecule has 7 heteroatoms. The SMILES string of the molecule is CCc1cc2c(Nc3ccc(Br)cc3C(=O)O)ncnc2s1. The van der Waals surface area contributed by atoms with Crippen LogP contribution in [0.4, 0.5) is 11.5 Å². The van der Waals surface area contributed by atoms with Crippen molar-refractivity contribution in [1.82, 2.24) is 9.97 Å². The number of halogens is 1. The average molecular weight is 378 g/mol. The van der Waals surface area contributed by atoms with E-state index in [1.807, 2.05) is 6.07 Å². The van der Waals surface area contributed by atoms with E-state index in [-0.39, 0.29) is 5.56 Å². The summed E-state index contributed by atoms with van der Waals surface area (Å²) in [5.74, 6) is -0.376. The molecular weight excluding hydrogens is 366 g/mol. The number of nitrogens with zero attached hydrogens (tertiary/aromatic N) is 2. The lowest BCUT2D eigenvalue weighted by atomic mass is 10.1. The van der Waals surface area contributed by atoms with Gasteiger partial charge in [-0.3, -0.25) is 0 Å². The zero-order valence-electron chi connectivity index (χ0n) is 11.6. The van der Waals surface area contributed by atoms with Crippen molar-refractivity contribution in [3.8, 4) is 0 Å². The first-order valence-electron chi connectivity index (χ1n) is 6.61. The summed E-state index contributed by atoms with van der Waals surface area (Å²) in [6, 6.07) is 7.11. The number of carbonyl (C=O) groups is 1. The number of nitrogens with one attached hydrogen (secondary N) is 1. The van der Waals surface area contributed by atoms with E-state index in [0.29, 0.717) is 16.0 Å². The van der Waals surface area contributed by atoms with Gasteiger partial charge in [-0.2, -0.15) is 0 Å². The Kier molecular flexibility index (Phi) is 4.08. The molecule has 0 fully saturated rings. The smallest absolute Gasteiger partial charge is 0.337 e. The van der Waals surface area contributed by atoms with E-state index in [1.54, 1.807) is 29.5 Å². The number of carboxylic acids is 1. The highest BCUT2D eigenvalue weighted by atomic mass is 79.9. The van der Waals surface area contributed by atoms with E-state index in [0.717, 1.165) is 16.6 Å². The number of benzene rings is 1. The van der Waals surface area contributed by atoms with Crippen molar-refractivity contribution >= 4 is 55.0 Å². The second kappa shape index (κ2) is 6.02. The number of aryl methyl sites for hydroxylation is 1. The molecule has 0 spiro atoms. The summed E-state index contributed by atoms with van der Waals surface area (Å²) in [6.07, 6.45) is 2.42. The predicted octanol–water partition coefficient (Wildman–Crippen LogP) is 4.46. The summed E-state index contributed by atoms with van der Waals surface area (Å²) in [5.41, 5.74) is 0.687. The number of hydrogen-bond donors (Lipinski definition) is 2. The summed E-state index contributed by atoms with van der Waals surface area (Å²) in [7, 11) is 0. The van der Waals surface area contributed by atoms with Gasteiger partial charge in [0, 0.05) is 9.35 Å². The van der Waals surface area contributed by atoms with Crippen LogP contribution >= 0.6 is 27.3 Å². The van der Waals surface area contributed by atoms with Crippen LogP contribution in [0.5, 0.6) is 0 Å². The first-order chi connectivity index (χ1) is 10.6. The van der Waals surface area contributed by atoms with E-state index >= 15 is 0 Å². The monoisotopic (exact) mass is 377 g/mol. The van der Waals surface area contributed by atoms with Crippen LogP contribution in [-0.4, -0.2) is 21.0 Å². The van der Waals surface area contributed by atoms with Crippen LogP contribution in [0, 0.1) is 0 Å². The Balaban J connectivity index is 2.07. The first kappa shape index (κ1) is 14.9. The maximum absolute atomic E-state index is 11.4. The summed E-state index contributed by atoms with van der Waals surface area (Å²) in [6.45, 7) is 2.09. The Morgan fingerprint density at radius 1 is 1.36 bits per heavy atom. The lowest BCUT2D eigenvalue weighted by Gasteiger charge is -2.09. The summed E-state index contributed by atoms with van der Waals surface area (Å²) in [5, 5.41) is 13.4. The highest BCUT2D eigenvalue weighted by Gasteiger charge is 2.14. The van der Waals surface area contributed by atoms with Gasteiger partial charge in [0.15, 0.2) is 0 Å². The Morgan fingerprint density at radius 3 is 2.91 bits per heavy atom. The van der Waals surface area contributed by atoms with E-state index < -0.39 is 5.97 Å². The van der Waals surface area contributed by atoms with E-state index in [1.165, 1.54) is 11.2 Å². The van der Waals surface area contributed by atoms with Crippen LogP contribution in [-0.2, 0) is 6.42 Å². The number of aromatic carboxylic acids is 1. The molecule has 0 saturated carbocycles. The van der Waals surface area contributed by atoms with Gasteiger partial charge in [-0.15, -0.1) is 11.3 Å². The highest BCUT2D eigenvalue weighted by Crippen LogP contribution is 2.31. The van der Waals surface area contributed by atoms with Crippen molar-refractivity contribution in [1.29, 1.82) is 0 Å². The number of anilines is 2.